The summed E-state index contributed by atoms with van der Waals surface area (Å²) in [5.74, 6) is -0.0509. The van der Waals surface area contributed by atoms with Crippen molar-refractivity contribution in [2.24, 2.45) is 0 Å². The Balaban J connectivity index is 1.45. The first kappa shape index (κ1) is 22.6. The first-order valence-electron chi connectivity index (χ1n) is 12.1. The maximum Gasteiger partial charge on any atom is 0.262 e. The van der Waals surface area contributed by atoms with Crippen LogP contribution in [0, 0.1) is 6.92 Å². The van der Waals surface area contributed by atoms with Crippen molar-refractivity contribution in [2.45, 2.75) is 19.5 Å². The lowest BCUT2D eigenvalue weighted by Crippen LogP contribution is -2.30. The summed E-state index contributed by atoms with van der Waals surface area (Å²) in [4.78, 5) is 45.7. The molecule has 0 atom stereocenters. The SMILES string of the molecule is Cc1nc2ccc(CN3C(=O)c4ccccc4C3=O)cc2c(=O)n1C(c1ccccc1)c1ccccc1. The minimum atomic E-state index is -0.355. The third-order valence-electron chi connectivity index (χ3n) is 6.85. The fourth-order valence-electron chi connectivity index (χ4n) is 5.09. The normalized spacial score (nSPS) is 13.0. The highest BCUT2D eigenvalue weighted by atomic mass is 16.2. The minimum Gasteiger partial charge on any atom is -0.285 e. The van der Waals surface area contributed by atoms with Gasteiger partial charge in [0, 0.05) is 0 Å². The lowest BCUT2D eigenvalue weighted by molar-refractivity contribution is 0.0642. The fraction of sp³-hybridized carbons (Fsp3) is 0.0968. The zero-order valence-electron chi connectivity index (χ0n) is 20.2. The Morgan fingerprint density at radius 3 is 1.81 bits per heavy atom. The summed E-state index contributed by atoms with van der Waals surface area (Å²) in [6.45, 7) is 1.92. The van der Waals surface area contributed by atoms with E-state index in [0.717, 1.165) is 11.1 Å². The van der Waals surface area contributed by atoms with Crippen LogP contribution in [0.3, 0.4) is 0 Å². The molecule has 0 unspecified atom stereocenters. The van der Waals surface area contributed by atoms with Crippen LogP contribution in [0.25, 0.3) is 10.9 Å². The van der Waals surface area contributed by atoms with Gasteiger partial charge in [-0.1, -0.05) is 78.9 Å². The van der Waals surface area contributed by atoms with Crippen molar-refractivity contribution in [1.82, 2.24) is 14.5 Å². The molecule has 1 aliphatic rings. The van der Waals surface area contributed by atoms with Gasteiger partial charge in [-0.15, -0.1) is 0 Å². The van der Waals surface area contributed by atoms with Gasteiger partial charge < -0.3 is 0 Å². The molecule has 180 valence electrons. The monoisotopic (exact) mass is 485 g/mol. The van der Waals surface area contributed by atoms with E-state index in [4.69, 9.17) is 4.98 Å². The van der Waals surface area contributed by atoms with Gasteiger partial charge in [0.15, 0.2) is 0 Å². The van der Waals surface area contributed by atoms with E-state index in [-0.39, 0.29) is 30.0 Å². The lowest BCUT2D eigenvalue weighted by Gasteiger charge is -2.23. The molecule has 2 heterocycles. The predicted molar refractivity (Wildman–Crippen MR) is 142 cm³/mol. The van der Waals surface area contributed by atoms with Crippen LogP contribution in [0.2, 0.25) is 0 Å². The molecule has 37 heavy (non-hydrogen) atoms. The van der Waals surface area contributed by atoms with Crippen molar-refractivity contribution >= 4 is 22.7 Å². The van der Waals surface area contributed by atoms with Crippen molar-refractivity contribution in [3.05, 3.63) is 147 Å². The Labute approximate surface area is 213 Å². The highest BCUT2D eigenvalue weighted by molar-refractivity contribution is 6.21. The van der Waals surface area contributed by atoms with E-state index in [1.165, 1.54) is 4.90 Å². The fourth-order valence-corrected chi connectivity index (χ4v) is 5.09. The number of hydrogen-bond acceptors (Lipinski definition) is 4. The number of rotatable bonds is 5. The van der Waals surface area contributed by atoms with Crippen molar-refractivity contribution < 1.29 is 9.59 Å². The van der Waals surface area contributed by atoms with Gasteiger partial charge >= 0.3 is 0 Å². The second-order valence-corrected chi connectivity index (χ2v) is 9.15. The zero-order valence-corrected chi connectivity index (χ0v) is 20.2. The summed E-state index contributed by atoms with van der Waals surface area (Å²) in [5, 5.41) is 0.441. The van der Waals surface area contributed by atoms with Crippen LogP contribution in [0.5, 0.6) is 0 Å². The molecule has 0 saturated heterocycles. The standard InChI is InChI=1S/C31H23N3O3/c1-20-32-27-17-16-21(19-33-29(35)24-14-8-9-15-25(24)30(33)36)18-26(27)31(37)34(20)28(22-10-4-2-5-11-22)23-12-6-3-7-13-23/h2-18,28H,19H2,1H3. The molecule has 0 aliphatic carbocycles. The van der Waals surface area contributed by atoms with E-state index in [0.29, 0.717) is 33.4 Å². The number of hydrogen-bond donors (Lipinski definition) is 0. The summed E-state index contributed by atoms with van der Waals surface area (Å²) >= 11 is 0. The Hall–Kier alpha value is -4.84. The molecular weight excluding hydrogens is 462 g/mol. The predicted octanol–water partition coefficient (Wildman–Crippen LogP) is 5.14. The molecule has 0 N–H and O–H groups in total. The number of aromatic nitrogens is 2. The first-order chi connectivity index (χ1) is 18.0. The largest absolute Gasteiger partial charge is 0.285 e. The molecule has 2 amide bonds. The van der Waals surface area contributed by atoms with Gasteiger partial charge in [-0.05, 0) is 47.9 Å². The first-order valence-corrected chi connectivity index (χ1v) is 12.1. The van der Waals surface area contributed by atoms with Gasteiger partial charge in [-0.25, -0.2) is 4.98 Å². The second kappa shape index (κ2) is 8.99. The van der Waals surface area contributed by atoms with Crippen LogP contribution in [0.15, 0.2) is 108 Å². The van der Waals surface area contributed by atoms with Crippen LogP contribution < -0.4 is 5.56 Å². The summed E-state index contributed by atoms with van der Waals surface area (Å²) < 4.78 is 1.72. The number of aryl methyl sites for hydroxylation is 1. The number of carbonyl (C=O) groups is 2. The van der Waals surface area contributed by atoms with Crippen molar-refractivity contribution in [1.29, 1.82) is 0 Å². The zero-order chi connectivity index (χ0) is 25.5. The molecule has 6 heteroatoms. The van der Waals surface area contributed by atoms with Crippen LogP contribution in [-0.2, 0) is 6.54 Å². The van der Waals surface area contributed by atoms with Crippen molar-refractivity contribution in [2.75, 3.05) is 0 Å². The number of carbonyl (C=O) groups excluding carboxylic acids is 2. The molecule has 4 aromatic carbocycles. The van der Waals surface area contributed by atoms with E-state index in [1.807, 2.05) is 73.7 Å². The van der Waals surface area contributed by atoms with Crippen LogP contribution in [-0.4, -0.2) is 26.3 Å². The lowest BCUT2D eigenvalue weighted by atomic mass is 9.98. The smallest absolute Gasteiger partial charge is 0.262 e. The number of imide groups is 1. The summed E-state index contributed by atoms with van der Waals surface area (Å²) in [6.07, 6.45) is 0. The molecule has 0 spiro atoms. The highest BCUT2D eigenvalue weighted by Crippen LogP contribution is 2.28. The number of nitrogens with zero attached hydrogens (tertiary/aromatic N) is 3. The maximum atomic E-state index is 14.0. The topological polar surface area (TPSA) is 72.3 Å². The van der Waals surface area contributed by atoms with E-state index >= 15 is 0 Å². The van der Waals surface area contributed by atoms with Gasteiger partial charge in [0.25, 0.3) is 17.4 Å². The second-order valence-electron chi connectivity index (χ2n) is 9.15. The molecule has 1 aliphatic heterocycles. The quantitative estimate of drug-likeness (QED) is 0.323. The maximum absolute atomic E-state index is 14.0. The Morgan fingerprint density at radius 1 is 0.703 bits per heavy atom. The van der Waals surface area contributed by atoms with Gasteiger partial charge in [0.2, 0.25) is 0 Å². The molecule has 0 saturated carbocycles. The van der Waals surface area contributed by atoms with E-state index in [2.05, 4.69) is 0 Å². The summed E-state index contributed by atoms with van der Waals surface area (Å²) in [6, 6.07) is 31.6. The molecule has 1 aromatic heterocycles. The molecule has 5 aromatic rings. The third-order valence-corrected chi connectivity index (χ3v) is 6.85. The molecule has 0 radical (unpaired) electrons. The number of fused-ring (bicyclic) bond motifs is 2. The summed E-state index contributed by atoms with van der Waals surface area (Å²) in [7, 11) is 0. The van der Waals surface area contributed by atoms with Gasteiger partial charge in [0.05, 0.1) is 34.6 Å². The molecule has 6 rings (SSSR count). The van der Waals surface area contributed by atoms with Crippen molar-refractivity contribution in [3.8, 4) is 0 Å². The number of benzene rings is 4. The van der Waals surface area contributed by atoms with E-state index in [1.54, 1.807) is 41.0 Å². The Morgan fingerprint density at radius 2 is 1.24 bits per heavy atom. The third kappa shape index (κ3) is 3.83. The number of amides is 2. The minimum absolute atomic E-state index is 0.0798. The van der Waals surface area contributed by atoms with Gasteiger partial charge in [-0.2, -0.15) is 0 Å². The van der Waals surface area contributed by atoms with Gasteiger partial charge in [0.1, 0.15) is 5.82 Å². The average molecular weight is 486 g/mol. The Bertz CT molecular complexity index is 1650. The van der Waals surface area contributed by atoms with E-state index in [9.17, 15) is 14.4 Å². The molecular formula is C31H23N3O3. The molecule has 0 fully saturated rings. The van der Waals surface area contributed by atoms with Gasteiger partial charge in [-0.3, -0.25) is 23.9 Å². The van der Waals surface area contributed by atoms with E-state index < -0.39 is 0 Å². The van der Waals surface area contributed by atoms with Crippen molar-refractivity contribution in [3.63, 3.8) is 0 Å². The molecule has 0 bridgehead atoms. The summed E-state index contributed by atoms with van der Waals surface area (Å²) in [5.41, 5.74) is 3.84. The average Bonchev–Trinajstić information content (AvgIpc) is 3.17. The van der Waals surface area contributed by atoms with Crippen LogP contribution >= 0.6 is 0 Å². The Kier molecular flexibility index (Phi) is 5.49. The van der Waals surface area contributed by atoms with Crippen LogP contribution in [0.4, 0.5) is 0 Å². The highest BCUT2D eigenvalue weighted by Gasteiger charge is 2.35. The molecule has 6 nitrogen and oxygen atoms in total. The van der Waals surface area contributed by atoms with Crippen LogP contribution in [0.1, 0.15) is 49.3 Å².